The Morgan fingerprint density at radius 1 is 1.14 bits per heavy atom. The van der Waals surface area contributed by atoms with E-state index in [1.807, 2.05) is 11.8 Å². The summed E-state index contributed by atoms with van der Waals surface area (Å²) in [5.41, 5.74) is 0.973. The van der Waals surface area contributed by atoms with Crippen LogP contribution in [0.1, 0.15) is 64.6 Å². The first-order valence-corrected chi connectivity index (χ1v) is 15.2. The summed E-state index contributed by atoms with van der Waals surface area (Å²) in [5.74, 6) is 1.24. The normalized spacial score (nSPS) is 27.4. The van der Waals surface area contributed by atoms with Gasteiger partial charge in [-0.25, -0.2) is 9.78 Å². The van der Waals surface area contributed by atoms with Gasteiger partial charge in [-0.2, -0.15) is 14.8 Å². The number of aromatic nitrogens is 8. The van der Waals surface area contributed by atoms with E-state index in [0.29, 0.717) is 42.6 Å². The lowest BCUT2D eigenvalue weighted by Gasteiger charge is -2.22. The first kappa shape index (κ1) is 29.4. The smallest absolute Gasteiger partial charge is 0.315 e. The Kier molecular flexibility index (Phi) is 8.56. The summed E-state index contributed by atoms with van der Waals surface area (Å²) in [7, 11) is 0. The standard InChI is InChI=1S/C26H41N13O4/c1-4-14(5-2)29-21-17-23(33-25(32-21)37-10-8-16(12-37)31-26(42)30-15-7-9-27-11-15)38(13-28-17)24-19(41)18(40)20(43-24)22-34-36-39(6-3)35-22/h13-16,18-20,24,27,40-41H,4-12H2,1-3H3,(H,29,32,33)(H2,30,31,42)/t15-,16-,18+,19-,20+,24-/m1/s1. The number of imidazole rings is 1. The number of tetrazole rings is 1. The number of hydrogen-bond donors (Lipinski definition) is 6. The lowest BCUT2D eigenvalue weighted by atomic mass is 10.1. The number of urea groups is 1. The lowest BCUT2D eigenvalue weighted by molar-refractivity contribution is -0.0384. The van der Waals surface area contributed by atoms with E-state index in [1.54, 1.807) is 4.57 Å². The lowest BCUT2D eigenvalue weighted by Crippen LogP contribution is -2.47. The number of aliphatic hydroxyl groups is 2. The minimum atomic E-state index is -1.29. The van der Waals surface area contributed by atoms with Crippen molar-refractivity contribution in [1.29, 1.82) is 0 Å². The Morgan fingerprint density at radius 2 is 1.95 bits per heavy atom. The molecule has 0 aliphatic carbocycles. The topological polar surface area (TPSA) is 205 Å². The Balaban J connectivity index is 1.26. The van der Waals surface area contributed by atoms with Crippen LogP contribution < -0.4 is 26.2 Å². The fourth-order valence-corrected chi connectivity index (χ4v) is 5.88. The number of nitrogens with zero attached hydrogens (tertiary/aromatic N) is 9. The molecule has 3 aliphatic heterocycles. The molecule has 234 valence electrons. The summed E-state index contributed by atoms with van der Waals surface area (Å²) >= 11 is 0. The van der Waals surface area contributed by atoms with E-state index in [0.717, 1.165) is 38.8 Å². The maximum atomic E-state index is 12.6. The summed E-state index contributed by atoms with van der Waals surface area (Å²) in [6, 6.07) is 0.0847. The third-order valence-corrected chi connectivity index (χ3v) is 8.46. The molecule has 17 heteroatoms. The highest BCUT2D eigenvalue weighted by atomic mass is 16.6. The van der Waals surface area contributed by atoms with Crippen molar-refractivity contribution in [1.82, 2.24) is 55.7 Å². The molecule has 6 heterocycles. The third kappa shape index (κ3) is 5.93. The molecule has 6 N–H and O–H groups in total. The van der Waals surface area contributed by atoms with Gasteiger partial charge in [0.25, 0.3) is 0 Å². The molecule has 43 heavy (non-hydrogen) atoms. The number of aliphatic hydroxyl groups excluding tert-OH is 2. The number of carbonyl (C=O) groups excluding carboxylic acids is 1. The highest BCUT2D eigenvalue weighted by molar-refractivity contribution is 5.84. The number of amides is 2. The van der Waals surface area contributed by atoms with Gasteiger partial charge in [0.05, 0.1) is 12.9 Å². The second kappa shape index (κ2) is 12.5. The van der Waals surface area contributed by atoms with Gasteiger partial charge in [0.15, 0.2) is 29.3 Å². The molecule has 2 amide bonds. The Bertz CT molecular complexity index is 1400. The van der Waals surface area contributed by atoms with Gasteiger partial charge in [-0.3, -0.25) is 4.57 Å². The highest BCUT2D eigenvalue weighted by Gasteiger charge is 2.47. The van der Waals surface area contributed by atoms with Crippen LogP contribution in [-0.4, -0.2) is 112 Å². The molecule has 3 aromatic rings. The summed E-state index contributed by atoms with van der Waals surface area (Å²) in [4.78, 5) is 30.3. The predicted molar refractivity (Wildman–Crippen MR) is 155 cm³/mol. The zero-order valence-corrected chi connectivity index (χ0v) is 24.7. The van der Waals surface area contributed by atoms with Gasteiger partial charge in [0.2, 0.25) is 11.8 Å². The van der Waals surface area contributed by atoms with Gasteiger partial charge < -0.3 is 41.1 Å². The van der Waals surface area contributed by atoms with Crippen molar-refractivity contribution < 1.29 is 19.7 Å². The second-order valence-corrected chi connectivity index (χ2v) is 11.4. The Labute approximate surface area is 248 Å². The third-order valence-electron chi connectivity index (χ3n) is 8.46. The van der Waals surface area contributed by atoms with E-state index in [9.17, 15) is 15.0 Å². The van der Waals surface area contributed by atoms with Crippen molar-refractivity contribution in [3.8, 4) is 0 Å². The van der Waals surface area contributed by atoms with Crippen molar-refractivity contribution in [2.75, 3.05) is 36.4 Å². The summed E-state index contributed by atoms with van der Waals surface area (Å²) in [6.45, 7) is 9.49. The molecular weight excluding hydrogens is 558 g/mol. The quantitative estimate of drug-likeness (QED) is 0.177. The van der Waals surface area contributed by atoms with E-state index in [2.05, 4.69) is 55.5 Å². The molecule has 3 fully saturated rings. The Morgan fingerprint density at radius 3 is 2.67 bits per heavy atom. The van der Waals surface area contributed by atoms with Gasteiger partial charge in [-0.15, -0.1) is 10.2 Å². The number of ether oxygens (including phenoxy) is 1. The molecule has 3 aromatic heterocycles. The molecule has 17 nitrogen and oxygen atoms in total. The highest BCUT2D eigenvalue weighted by Crippen LogP contribution is 2.39. The molecule has 0 bridgehead atoms. The van der Waals surface area contributed by atoms with Gasteiger partial charge in [-0.05, 0) is 44.4 Å². The van der Waals surface area contributed by atoms with Crippen molar-refractivity contribution in [2.45, 2.75) is 95.7 Å². The fraction of sp³-hybridized carbons (Fsp3) is 0.731. The first-order chi connectivity index (χ1) is 20.9. The van der Waals surface area contributed by atoms with E-state index in [1.165, 1.54) is 11.1 Å². The number of carbonyl (C=O) groups is 1. The van der Waals surface area contributed by atoms with Crippen molar-refractivity contribution in [3.63, 3.8) is 0 Å². The van der Waals surface area contributed by atoms with Crippen molar-refractivity contribution >= 4 is 29.0 Å². The second-order valence-electron chi connectivity index (χ2n) is 11.4. The minimum Gasteiger partial charge on any atom is -0.387 e. The summed E-state index contributed by atoms with van der Waals surface area (Å²) in [5, 5.41) is 47.0. The number of hydrogen-bond acceptors (Lipinski definition) is 13. The Hall–Kier alpha value is -3.67. The van der Waals surface area contributed by atoms with Crippen LogP contribution in [0.5, 0.6) is 0 Å². The summed E-state index contributed by atoms with van der Waals surface area (Å²) in [6.07, 6.45) is 0.446. The maximum Gasteiger partial charge on any atom is 0.315 e. The van der Waals surface area contributed by atoms with Crippen LogP contribution in [0.4, 0.5) is 16.6 Å². The SMILES string of the molecule is CCC(CC)Nc1nc(N2CC[C@@H](NC(=O)N[C@@H]3CCNC3)C2)nc2c1ncn2[C@@H]1O[C@H](c2nnn(CC)n2)[C@@H](O)[C@H]1O. The number of fused-ring (bicyclic) bond motifs is 1. The van der Waals surface area contributed by atoms with Gasteiger partial charge >= 0.3 is 6.03 Å². The van der Waals surface area contributed by atoms with Crippen LogP contribution in [0.25, 0.3) is 11.2 Å². The molecular formula is C26H41N13O4. The van der Waals surface area contributed by atoms with E-state index < -0.39 is 24.5 Å². The van der Waals surface area contributed by atoms with E-state index >= 15 is 0 Å². The zero-order valence-electron chi connectivity index (χ0n) is 24.7. The molecule has 3 saturated heterocycles. The van der Waals surface area contributed by atoms with Crippen LogP contribution in [-0.2, 0) is 11.3 Å². The van der Waals surface area contributed by atoms with Crippen LogP contribution in [0.15, 0.2) is 6.33 Å². The molecule has 6 rings (SSSR count). The number of aryl methyl sites for hydroxylation is 1. The molecule has 0 saturated carbocycles. The number of rotatable bonds is 10. The average Bonchev–Trinajstić information content (AvgIpc) is 3.84. The van der Waals surface area contributed by atoms with E-state index in [-0.39, 0.29) is 30.0 Å². The van der Waals surface area contributed by atoms with Crippen LogP contribution in [0.3, 0.4) is 0 Å². The van der Waals surface area contributed by atoms with Crippen LogP contribution >= 0.6 is 0 Å². The minimum absolute atomic E-state index is 0.0612. The van der Waals surface area contributed by atoms with Crippen molar-refractivity contribution in [3.05, 3.63) is 12.2 Å². The van der Waals surface area contributed by atoms with Crippen LogP contribution in [0, 0.1) is 0 Å². The number of nitrogens with one attached hydrogen (secondary N) is 4. The van der Waals surface area contributed by atoms with E-state index in [4.69, 9.17) is 14.7 Å². The molecule has 0 radical (unpaired) electrons. The molecule has 0 unspecified atom stereocenters. The zero-order chi connectivity index (χ0) is 30.1. The number of anilines is 2. The monoisotopic (exact) mass is 599 g/mol. The maximum absolute atomic E-state index is 12.6. The molecule has 0 spiro atoms. The molecule has 0 aromatic carbocycles. The predicted octanol–water partition coefficient (Wildman–Crippen LogP) is -0.335. The largest absolute Gasteiger partial charge is 0.387 e. The van der Waals surface area contributed by atoms with Gasteiger partial charge in [-0.1, -0.05) is 13.8 Å². The molecule has 6 atom stereocenters. The van der Waals surface area contributed by atoms with Crippen molar-refractivity contribution in [2.24, 2.45) is 0 Å². The fourth-order valence-electron chi connectivity index (χ4n) is 5.88. The van der Waals surface area contributed by atoms with Crippen LogP contribution in [0.2, 0.25) is 0 Å². The van der Waals surface area contributed by atoms with Gasteiger partial charge in [0, 0.05) is 37.8 Å². The molecule has 3 aliphatic rings. The van der Waals surface area contributed by atoms with Gasteiger partial charge in [0.1, 0.15) is 12.2 Å². The summed E-state index contributed by atoms with van der Waals surface area (Å²) < 4.78 is 7.73. The average molecular weight is 600 g/mol. The first-order valence-electron chi connectivity index (χ1n) is 15.2.